The van der Waals surface area contributed by atoms with Gasteiger partial charge >= 0.3 is 0 Å². The van der Waals surface area contributed by atoms with E-state index >= 15 is 0 Å². The van der Waals surface area contributed by atoms with Gasteiger partial charge in [0.25, 0.3) is 0 Å². The monoisotopic (exact) mass is 195 g/mol. The van der Waals surface area contributed by atoms with Gasteiger partial charge < -0.3 is 10.8 Å². The first-order valence-electron chi connectivity index (χ1n) is 4.84. The van der Waals surface area contributed by atoms with E-state index in [1.54, 1.807) is 6.07 Å². The zero-order valence-corrected chi connectivity index (χ0v) is 7.96. The Morgan fingerprint density at radius 1 is 1.50 bits per heavy atom. The van der Waals surface area contributed by atoms with Crippen molar-refractivity contribution < 1.29 is 9.50 Å². The van der Waals surface area contributed by atoms with Crippen LogP contribution in [0.4, 0.5) is 4.39 Å². The second-order valence-corrected chi connectivity index (χ2v) is 3.97. The lowest BCUT2D eigenvalue weighted by Gasteiger charge is -2.34. The summed E-state index contributed by atoms with van der Waals surface area (Å²) in [5.41, 5.74) is 7.22. The number of fused-ring (bicyclic) bond motifs is 1. The van der Waals surface area contributed by atoms with Crippen LogP contribution in [0.3, 0.4) is 0 Å². The van der Waals surface area contributed by atoms with Gasteiger partial charge in [-0.25, -0.2) is 4.39 Å². The number of aliphatic hydroxyl groups excluding tert-OH is 1. The van der Waals surface area contributed by atoms with E-state index in [9.17, 15) is 9.50 Å². The predicted molar refractivity (Wildman–Crippen MR) is 52.3 cm³/mol. The highest BCUT2D eigenvalue weighted by Gasteiger charge is 2.31. The van der Waals surface area contributed by atoms with Crippen molar-refractivity contribution >= 4 is 0 Å². The van der Waals surface area contributed by atoms with E-state index in [-0.39, 0.29) is 12.4 Å². The molecule has 3 N–H and O–H groups in total. The molecule has 0 saturated heterocycles. The quantitative estimate of drug-likeness (QED) is 0.709. The van der Waals surface area contributed by atoms with Crippen molar-refractivity contribution in [2.45, 2.75) is 24.8 Å². The number of hydrogen-bond acceptors (Lipinski definition) is 2. The molecule has 2 nitrogen and oxygen atoms in total. The predicted octanol–water partition coefficient (Wildman–Crippen LogP) is 1.31. The van der Waals surface area contributed by atoms with E-state index in [1.165, 1.54) is 12.1 Å². The van der Waals surface area contributed by atoms with E-state index in [0.29, 0.717) is 0 Å². The molecule has 1 aromatic rings. The fraction of sp³-hybridized carbons (Fsp3) is 0.455. The number of aliphatic hydroxyl groups is 1. The van der Waals surface area contributed by atoms with Crippen LogP contribution in [-0.4, -0.2) is 11.7 Å². The van der Waals surface area contributed by atoms with Crippen LogP contribution < -0.4 is 5.73 Å². The molecule has 14 heavy (non-hydrogen) atoms. The second kappa shape index (κ2) is 3.33. The molecule has 0 aromatic heterocycles. The lowest BCUT2D eigenvalue weighted by molar-refractivity contribution is 0.178. The summed E-state index contributed by atoms with van der Waals surface area (Å²) < 4.78 is 12.9. The second-order valence-electron chi connectivity index (χ2n) is 3.97. The van der Waals surface area contributed by atoms with Crippen molar-refractivity contribution in [2.24, 2.45) is 5.73 Å². The molecule has 1 atom stereocenters. The number of aryl methyl sites for hydroxylation is 1. The molecule has 76 valence electrons. The fourth-order valence-corrected chi connectivity index (χ4v) is 2.15. The lowest BCUT2D eigenvalue weighted by Crippen LogP contribution is -2.43. The maximum Gasteiger partial charge on any atom is 0.123 e. The average Bonchev–Trinajstić information content (AvgIpc) is 2.18. The molecular weight excluding hydrogens is 181 g/mol. The Bertz CT molecular complexity index is 353. The molecule has 0 saturated carbocycles. The molecule has 0 fully saturated rings. The first-order chi connectivity index (χ1) is 6.65. The maximum absolute atomic E-state index is 12.9. The zero-order chi connectivity index (χ0) is 10.2. The molecular formula is C11H14FNO. The molecule has 0 spiro atoms. The van der Waals surface area contributed by atoms with Crippen LogP contribution in [0, 0.1) is 5.82 Å². The third kappa shape index (κ3) is 1.42. The number of nitrogens with two attached hydrogens (primary N) is 1. The van der Waals surface area contributed by atoms with Crippen molar-refractivity contribution in [3.8, 4) is 0 Å². The normalized spacial score (nSPS) is 25.9. The first-order valence-corrected chi connectivity index (χ1v) is 4.84. The van der Waals surface area contributed by atoms with Gasteiger partial charge in [0.1, 0.15) is 5.82 Å². The lowest BCUT2D eigenvalue weighted by atomic mass is 9.78. The van der Waals surface area contributed by atoms with Crippen LogP contribution in [0.2, 0.25) is 0 Å². The Morgan fingerprint density at radius 3 is 3.00 bits per heavy atom. The van der Waals surface area contributed by atoms with Crippen LogP contribution in [0.15, 0.2) is 18.2 Å². The Kier molecular flexibility index (Phi) is 2.29. The highest BCUT2D eigenvalue weighted by molar-refractivity contribution is 5.36. The molecule has 0 heterocycles. The van der Waals surface area contributed by atoms with Gasteiger partial charge in [0.2, 0.25) is 0 Å². The van der Waals surface area contributed by atoms with Crippen molar-refractivity contribution in [1.82, 2.24) is 0 Å². The summed E-state index contributed by atoms with van der Waals surface area (Å²) in [6.07, 6.45) is 2.53. The van der Waals surface area contributed by atoms with Crippen LogP contribution in [0.5, 0.6) is 0 Å². The molecule has 1 aliphatic carbocycles. The maximum atomic E-state index is 12.9. The summed E-state index contributed by atoms with van der Waals surface area (Å²) in [6, 6.07) is 4.62. The van der Waals surface area contributed by atoms with Gasteiger partial charge in [0, 0.05) is 0 Å². The Balaban J connectivity index is 2.50. The van der Waals surface area contributed by atoms with Crippen molar-refractivity contribution in [3.05, 3.63) is 35.1 Å². The molecule has 0 radical (unpaired) electrons. The minimum absolute atomic E-state index is 0.0777. The molecule has 0 amide bonds. The van der Waals surface area contributed by atoms with Crippen LogP contribution in [0.25, 0.3) is 0 Å². The van der Waals surface area contributed by atoms with Gasteiger partial charge in [0.05, 0.1) is 12.1 Å². The topological polar surface area (TPSA) is 46.2 Å². The summed E-state index contributed by atoms with van der Waals surface area (Å²) in [6.45, 7) is -0.0777. The van der Waals surface area contributed by atoms with E-state index in [2.05, 4.69) is 0 Å². The SMILES string of the molecule is NC1(CO)CCCc2cc(F)ccc21. The molecule has 1 aromatic carbocycles. The van der Waals surface area contributed by atoms with Crippen molar-refractivity contribution in [3.63, 3.8) is 0 Å². The molecule has 3 heteroatoms. The third-order valence-corrected chi connectivity index (χ3v) is 2.95. The van der Waals surface area contributed by atoms with Gasteiger partial charge in [-0.15, -0.1) is 0 Å². The Morgan fingerprint density at radius 2 is 2.29 bits per heavy atom. The number of rotatable bonds is 1. The summed E-state index contributed by atoms with van der Waals surface area (Å²) in [5.74, 6) is -0.231. The minimum atomic E-state index is -0.665. The highest BCUT2D eigenvalue weighted by Crippen LogP contribution is 2.33. The van der Waals surface area contributed by atoms with Crippen LogP contribution in [0.1, 0.15) is 24.0 Å². The van der Waals surface area contributed by atoms with E-state index in [0.717, 1.165) is 30.4 Å². The summed E-state index contributed by atoms with van der Waals surface area (Å²) in [4.78, 5) is 0. The van der Waals surface area contributed by atoms with Gasteiger partial charge in [0.15, 0.2) is 0 Å². The molecule has 1 aliphatic rings. The summed E-state index contributed by atoms with van der Waals surface area (Å²) >= 11 is 0. The number of benzene rings is 1. The Labute approximate surface area is 82.5 Å². The standard InChI is InChI=1S/C11H14FNO/c12-9-3-4-10-8(6-9)2-1-5-11(10,13)7-14/h3-4,6,14H,1-2,5,7,13H2. The van der Waals surface area contributed by atoms with Crippen LogP contribution >= 0.6 is 0 Å². The summed E-state index contributed by atoms with van der Waals surface area (Å²) in [5, 5.41) is 9.25. The first kappa shape index (κ1) is 9.62. The van der Waals surface area contributed by atoms with Gasteiger partial charge in [-0.05, 0) is 42.5 Å². The van der Waals surface area contributed by atoms with E-state index in [1.807, 2.05) is 0 Å². The molecule has 0 aliphatic heterocycles. The molecule has 2 rings (SSSR count). The largest absolute Gasteiger partial charge is 0.394 e. The van der Waals surface area contributed by atoms with Gasteiger partial charge in [-0.2, -0.15) is 0 Å². The third-order valence-electron chi connectivity index (χ3n) is 2.95. The number of halogens is 1. The van der Waals surface area contributed by atoms with Crippen molar-refractivity contribution in [1.29, 1.82) is 0 Å². The van der Waals surface area contributed by atoms with Crippen LogP contribution in [-0.2, 0) is 12.0 Å². The smallest absolute Gasteiger partial charge is 0.123 e. The fourth-order valence-electron chi connectivity index (χ4n) is 2.15. The summed E-state index contributed by atoms with van der Waals surface area (Å²) in [7, 11) is 0. The van der Waals surface area contributed by atoms with Gasteiger partial charge in [-0.3, -0.25) is 0 Å². The van der Waals surface area contributed by atoms with E-state index in [4.69, 9.17) is 5.73 Å². The molecule has 1 unspecified atom stereocenters. The Hall–Kier alpha value is -0.930. The molecule has 0 bridgehead atoms. The zero-order valence-electron chi connectivity index (χ0n) is 7.96. The van der Waals surface area contributed by atoms with Gasteiger partial charge in [-0.1, -0.05) is 6.07 Å². The number of hydrogen-bond donors (Lipinski definition) is 2. The van der Waals surface area contributed by atoms with Crippen molar-refractivity contribution in [2.75, 3.05) is 6.61 Å². The minimum Gasteiger partial charge on any atom is -0.394 e. The van der Waals surface area contributed by atoms with E-state index < -0.39 is 5.54 Å². The average molecular weight is 195 g/mol. The highest BCUT2D eigenvalue weighted by atomic mass is 19.1.